The molecule has 31 heavy (non-hydrogen) atoms. The van der Waals surface area contributed by atoms with Crippen molar-refractivity contribution < 1.29 is 24.6 Å². The SMILES string of the molecule is CC(C)(/C=C/C(=O)NO)[C@@H](OC(=O)Nc1cccc2ccccc12)c1ccc(O)cc1. The third-order valence-corrected chi connectivity index (χ3v) is 4.90. The van der Waals surface area contributed by atoms with E-state index in [1.165, 1.54) is 23.7 Å². The predicted molar refractivity (Wildman–Crippen MR) is 118 cm³/mol. The second-order valence-corrected chi connectivity index (χ2v) is 7.66. The van der Waals surface area contributed by atoms with Gasteiger partial charge in [-0.1, -0.05) is 68.5 Å². The Balaban J connectivity index is 1.88. The number of phenolic OH excluding ortho intramolecular Hbond substituents is 1. The third kappa shape index (κ3) is 5.40. The maximum absolute atomic E-state index is 12.8. The molecule has 0 aromatic heterocycles. The molecule has 3 aromatic rings. The van der Waals surface area contributed by atoms with Crippen molar-refractivity contribution in [3.63, 3.8) is 0 Å². The van der Waals surface area contributed by atoms with Gasteiger partial charge in [-0.25, -0.2) is 10.3 Å². The third-order valence-electron chi connectivity index (χ3n) is 4.90. The quantitative estimate of drug-likeness (QED) is 0.257. The molecule has 0 aliphatic heterocycles. The smallest absolute Gasteiger partial charge is 0.412 e. The summed E-state index contributed by atoms with van der Waals surface area (Å²) < 4.78 is 5.78. The van der Waals surface area contributed by atoms with E-state index in [4.69, 9.17) is 9.94 Å². The molecule has 0 bridgehead atoms. The molecule has 0 heterocycles. The lowest BCUT2D eigenvalue weighted by Gasteiger charge is -2.31. The topological polar surface area (TPSA) is 108 Å². The zero-order valence-corrected chi connectivity index (χ0v) is 17.2. The Morgan fingerprint density at radius 3 is 2.39 bits per heavy atom. The average molecular weight is 420 g/mol. The number of fused-ring (bicyclic) bond motifs is 1. The van der Waals surface area contributed by atoms with E-state index in [2.05, 4.69) is 5.32 Å². The van der Waals surface area contributed by atoms with Gasteiger partial charge in [0.15, 0.2) is 0 Å². The minimum absolute atomic E-state index is 0.0794. The summed E-state index contributed by atoms with van der Waals surface area (Å²) in [6, 6.07) is 19.5. The minimum Gasteiger partial charge on any atom is -0.508 e. The van der Waals surface area contributed by atoms with E-state index < -0.39 is 23.5 Å². The maximum atomic E-state index is 12.8. The number of benzene rings is 3. The summed E-state index contributed by atoms with van der Waals surface area (Å²) in [5.74, 6) is -0.617. The van der Waals surface area contributed by atoms with Gasteiger partial charge >= 0.3 is 6.09 Å². The molecule has 0 aliphatic rings. The Bertz CT molecular complexity index is 1100. The summed E-state index contributed by atoms with van der Waals surface area (Å²) in [6.07, 6.45) is 1.26. The first kappa shape index (κ1) is 21.9. The van der Waals surface area contributed by atoms with E-state index >= 15 is 0 Å². The highest BCUT2D eigenvalue weighted by Gasteiger charge is 2.32. The van der Waals surface area contributed by atoms with Crippen LogP contribution in [0.25, 0.3) is 10.8 Å². The number of carbonyl (C=O) groups is 2. The predicted octanol–water partition coefficient (Wildman–Crippen LogP) is 4.92. The molecule has 0 saturated carbocycles. The zero-order chi connectivity index (χ0) is 22.4. The molecule has 0 radical (unpaired) electrons. The van der Waals surface area contributed by atoms with Gasteiger partial charge in [-0.2, -0.15) is 0 Å². The van der Waals surface area contributed by atoms with Crippen LogP contribution >= 0.6 is 0 Å². The van der Waals surface area contributed by atoms with Crippen molar-refractivity contribution in [2.45, 2.75) is 20.0 Å². The van der Waals surface area contributed by atoms with Crippen molar-refractivity contribution in [1.82, 2.24) is 5.48 Å². The summed E-state index contributed by atoms with van der Waals surface area (Å²) in [6.45, 7) is 3.58. The molecule has 160 valence electrons. The number of amides is 2. The van der Waals surface area contributed by atoms with Crippen LogP contribution in [0.3, 0.4) is 0 Å². The van der Waals surface area contributed by atoms with E-state index in [0.29, 0.717) is 11.3 Å². The van der Waals surface area contributed by atoms with Gasteiger partial charge in [0.25, 0.3) is 5.91 Å². The molecule has 2 amide bonds. The number of rotatable bonds is 6. The van der Waals surface area contributed by atoms with Crippen molar-refractivity contribution in [2.24, 2.45) is 5.41 Å². The molecular formula is C24H24N2O5. The molecular weight excluding hydrogens is 396 g/mol. The Kier molecular flexibility index (Phi) is 6.57. The van der Waals surface area contributed by atoms with Crippen LogP contribution in [0.2, 0.25) is 0 Å². The highest BCUT2D eigenvalue weighted by Crippen LogP contribution is 2.39. The summed E-state index contributed by atoms with van der Waals surface area (Å²) in [7, 11) is 0. The fourth-order valence-electron chi connectivity index (χ4n) is 3.29. The summed E-state index contributed by atoms with van der Waals surface area (Å²) in [4.78, 5) is 24.3. The highest BCUT2D eigenvalue weighted by atomic mass is 16.6. The van der Waals surface area contributed by atoms with Crippen molar-refractivity contribution in [2.75, 3.05) is 5.32 Å². The van der Waals surface area contributed by atoms with Crippen LogP contribution < -0.4 is 10.8 Å². The van der Waals surface area contributed by atoms with E-state index in [1.807, 2.05) is 36.4 Å². The normalized spacial score (nSPS) is 12.5. The first-order valence-electron chi connectivity index (χ1n) is 9.68. The van der Waals surface area contributed by atoms with Crippen molar-refractivity contribution in [3.05, 3.63) is 84.4 Å². The lowest BCUT2D eigenvalue weighted by Crippen LogP contribution is -2.28. The van der Waals surface area contributed by atoms with Crippen molar-refractivity contribution in [1.29, 1.82) is 0 Å². The molecule has 3 rings (SSSR count). The largest absolute Gasteiger partial charge is 0.508 e. The number of nitrogens with one attached hydrogen (secondary N) is 2. The number of carbonyl (C=O) groups excluding carboxylic acids is 2. The van der Waals surface area contributed by atoms with Gasteiger partial charge in [-0.15, -0.1) is 0 Å². The number of hydrogen-bond acceptors (Lipinski definition) is 5. The number of hydrogen-bond donors (Lipinski definition) is 4. The molecule has 7 nitrogen and oxygen atoms in total. The van der Waals surface area contributed by atoms with Crippen LogP contribution in [-0.2, 0) is 9.53 Å². The number of hydroxylamine groups is 1. The number of phenols is 1. The fraction of sp³-hybridized carbons (Fsp3) is 0.167. The molecule has 7 heteroatoms. The van der Waals surface area contributed by atoms with Gasteiger partial charge in [0.2, 0.25) is 0 Å². The molecule has 4 N–H and O–H groups in total. The second kappa shape index (κ2) is 9.32. The minimum atomic E-state index is -0.820. The van der Waals surface area contributed by atoms with Crippen molar-refractivity contribution in [3.8, 4) is 5.75 Å². The van der Waals surface area contributed by atoms with Crippen LogP contribution in [0.4, 0.5) is 10.5 Å². The van der Waals surface area contributed by atoms with E-state index in [0.717, 1.165) is 10.8 Å². The molecule has 0 fully saturated rings. The van der Waals surface area contributed by atoms with Gasteiger partial charge in [0, 0.05) is 16.9 Å². The first-order chi connectivity index (χ1) is 14.8. The number of aromatic hydroxyl groups is 1. The van der Waals surface area contributed by atoms with Crippen molar-refractivity contribution >= 4 is 28.5 Å². The van der Waals surface area contributed by atoms with Gasteiger partial charge in [0.05, 0.1) is 5.69 Å². The maximum Gasteiger partial charge on any atom is 0.412 e. The Hall–Kier alpha value is -3.84. The highest BCUT2D eigenvalue weighted by molar-refractivity contribution is 6.00. The average Bonchev–Trinajstić information content (AvgIpc) is 2.77. The Labute approximate surface area is 179 Å². The molecule has 0 unspecified atom stereocenters. The monoisotopic (exact) mass is 420 g/mol. The molecule has 0 saturated heterocycles. The fourth-order valence-corrected chi connectivity index (χ4v) is 3.29. The Morgan fingerprint density at radius 1 is 1.00 bits per heavy atom. The number of ether oxygens (including phenoxy) is 1. The molecule has 0 spiro atoms. The lowest BCUT2D eigenvalue weighted by molar-refractivity contribution is -0.124. The summed E-state index contributed by atoms with van der Waals surface area (Å²) in [5, 5.41) is 23.0. The second-order valence-electron chi connectivity index (χ2n) is 7.66. The van der Waals surface area contributed by atoms with E-state index in [9.17, 15) is 14.7 Å². The van der Waals surface area contributed by atoms with Crippen LogP contribution in [-0.4, -0.2) is 22.3 Å². The molecule has 3 aromatic carbocycles. The summed E-state index contributed by atoms with van der Waals surface area (Å²) in [5.41, 5.74) is 1.96. The van der Waals surface area contributed by atoms with Crippen LogP contribution in [0.1, 0.15) is 25.5 Å². The van der Waals surface area contributed by atoms with Crippen LogP contribution in [0.15, 0.2) is 78.9 Å². The summed E-state index contributed by atoms with van der Waals surface area (Å²) >= 11 is 0. The number of anilines is 1. The first-order valence-corrected chi connectivity index (χ1v) is 9.68. The van der Waals surface area contributed by atoms with E-state index in [1.54, 1.807) is 38.1 Å². The van der Waals surface area contributed by atoms with Gasteiger partial charge in [0.1, 0.15) is 11.9 Å². The molecule has 1 atom stereocenters. The van der Waals surface area contributed by atoms with Crippen LogP contribution in [0, 0.1) is 5.41 Å². The van der Waals surface area contributed by atoms with Gasteiger partial charge in [-0.05, 0) is 29.1 Å². The van der Waals surface area contributed by atoms with Gasteiger partial charge < -0.3 is 9.84 Å². The molecule has 0 aliphatic carbocycles. The zero-order valence-electron chi connectivity index (χ0n) is 17.2. The lowest BCUT2D eigenvalue weighted by atomic mass is 9.82. The Morgan fingerprint density at radius 2 is 1.68 bits per heavy atom. The van der Waals surface area contributed by atoms with Gasteiger partial charge in [-0.3, -0.25) is 15.3 Å². The standard InChI is InChI=1S/C24H24N2O5/c1-24(2,15-14-21(28)26-30)22(17-10-12-18(27)13-11-17)31-23(29)25-20-9-5-7-16-6-3-4-8-19(16)20/h3-15,22,27,30H,1-2H3,(H,25,29)(H,26,28)/b15-14+/t22-/m0/s1. The van der Waals surface area contributed by atoms with E-state index in [-0.39, 0.29) is 5.75 Å². The van der Waals surface area contributed by atoms with Crippen LogP contribution in [0.5, 0.6) is 5.75 Å².